The van der Waals surface area contributed by atoms with Crippen LogP contribution in [0.4, 0.5) is 9.59 Å². The third-order valence-corrected chi connectivity index (χ3v) is 9.49. The lowest BCUT2D eigenvalue weighted by atomic mass is 9.92. The van der Waals surface area contributed by atoms with E-state index >= 15 is 0 Å². The normalized spacial score (nSPS) is 25.0. The van der Waals surface area contributed by atoms with Crippen LogP contribution in [0.25, 0.3) is 0 Å². The van der Waals surface area contributed by atoms with E-state index in [1.54, 1.807) is 20.3 Å². The molecule has 0 bridgehead atoms. The lowest BCUT2D eigenvalue weighted by molar-refractivity contribution is -0.128. The van der Waals surface area contributed by atoms with E-state index < -0.39 is 6.09 Å². The molecule has 0 spiro atoms. The number of carbonyl (C=O) groups excluding carboxylic acids is 4. The third-order valence-electron chi connectivity index (χ3n) is 9.49. The van der Waals surface area contributed by atoms with Crippen molar-refractivity contribution < 1.29 is 42.9 Å². The Balaban J connectivity index is 0.953. The number of piperidine rings is 1. The van der Waals surface area contributed by atoms with Crippen molar-refractivity contribution in [1.82, 2.24) is 15.1 Å². The number of rotatable bonds is 14. The fourth-order valence-corrected chi connectivity index (χ4v) is 7.06. The molecule has 0 aromatic heterocycles. The molecule has 3 fully saturated rings. The fourth-order valence-electron chi connectivity index (χ4n) is 7.06. The zero-order valence-corrected chi connectivity index (χ0v) is 26.6. The van der Waals surface area contributed by atoms with Crippen LogP contribution in [0.3, 0.4) is 0 Å². The number of fused-ring (bicyclic) bond motifs is 1. The van der Waals surface area contributed by atoms with Crippen LogP contribution in [0.1, 0.15) is 112 Å². The molecule has 1 N–H and O–H groups in total. The van der Waals surface area contributed by atoms with Gasteiger partial charge in [0.05, 0.1) is 20.4 Å². The van der Waals surface area contributed by atoms with Crippen LogP contribution in [0.5, 0.6) is 11.5 Å². The van der Waals surface area contributed by atoms with Gasteiger partial charge < -0.3 is 29.0 Å². The molecule has 12 heteroatoms. The molecule has 2 saturated heterocycles. The number of imide groups is 1. The minimum atomic E-state index is -0.567. The molecule has 0 radical (unpaired) electrons. The second-order valence-corrected chi connectivity index (χ2v) is 12.4. The van der Waals surface area contributed by atoms with Crippen LogP contribution >= 0.6 is 0 Å². The highest BCUT2D eigenvalue weighted by Gasteiger charge is 2.39. The Bertz CT molecular complexity index is 1200. The number of carbonyl (C=O) groups is 4. The summed E-state index contributed by atoms with van der Waals surface area (Å²) in [6.45, 7) is 1.72. The molecule has 1 unspecified atom stereocenters. The van der Waals surface area contributed by atoms with Gasteiger partial charge in [0.1, 0.15) is 29.3 Å². The number of methoxy groups -OCH3 is 2. The Morgan fingerprint density at radius 1 is 0.933 bits per heavy atom. The molecular formula is C33H47N3O9. The van der Waals surface area contributed by atoms with Crippen molar-refractivity contribution >= 4 is 24.1 Å². The van der Waals surface area contributed by atoms with Crippen molar-refractivity contribution in [3.05, 3.63) is 23.3 Å². The monoisotopic (exact) mass is 629 g/mol. The quantitative estimate of drug-likeness (QED) is 0.160. The maximum atomic E-state index is 12.8. The summed E-state index contributed by atoms with van der Waals surface area (Å²) >= 11 is 0. The minimum absolute atomic E-state index is 0.0196. The molecule has 1 aromatic rings. The number of benzene rings is 1. The number of ether oxygens (including phenoxy) is 5. The number of nitrogens with zero attached hydrogens (tertiary/aromatic N) is 2. The van der Waals surface area contributed by atoms with Crippen molar-refractivity contribution in [2.75, 3.05) is 33.9 Å². The Morgan fingerprint density at radius 2 is 1.69 bits per heavy atom. The number of hydrogen-bond donors (Lipinski definition) is 1. The summed E-state index contributed by atoms with van der Waals surface area (Å²) in [6.07, 6.45) is 11.4. The average molecular weight is 630 g/mol. The molecule has 3 aliphatic heterocycles. The molecule has 3 amide bonds. The van der Waals surface area contributed by atoms with Gasteiger partial charge in [0, 0.05) is 30.8 Å². The van der Waals surface area contributed by atoms with Gasteiger partial charge in [0.15, 0.2) is 6.61 Å². The van der Waals surface area contributed by atoms with Crippen molar-refractivity contribution in [3.8, 4) is 11.5 Å². The zero-order valence-electron chi connectivity index (χ0n) is 26.6. The van der Waals surface area contributed by atoms with Crippen LogP contribution in [-0.4, -0.2) is 86.1 Å². The first-order chi connectivity index (χ1) is 21.9. The summed E-state index contributed by atoms with van der Waals surface area (Å²) in [5, 5.41) is 3.09. The molecule has 12 nitrogen and oxygen atoms in total. The lowest BCUT2D eigenvalue weighted by Gasteiger charge is -2.36. The molecule has 4 aliphatic rings. The number of nitrogens with one attached hydrogen (secondary N) is 1. The summed E-state index contributed by atoms with van der Waals surface area (Å²) in [5.74, 6) is 0.526. The molecule has 1 aromatic carbocycles. The molecule has 45 heavy (non-hydrogen) atoms. The maximum Gasteiger partial charge on any atom is 0.417 e. The Kier molecular flexibility index (Phi) is 11.4. The Labute approximate surface area is 265 Å². The van der Waals surface area contributed by atoms with E-state index in [-0.39, 0.29) is 49.0 Å². The van der Waals surface area contributed by atoms with Crippen LogP contribution in [-0.2, 0) is 19.0 Å². The van der Waals surface area contributed by atoms with Crippen molar-refractivity contribution in [2.45, 2.75) is 114 Å². The van der Waals surface area contributed by atoms with Gasteiger partial charge in [0.25, 0.3) is 5.91 Å². The molecule has 5 rings (SSSR count). The second kappa shape index (κ2) is 15.6. The first-order valence-electron chi connectivity index (χ1n) is 16.5. The number of hydrogen-bond acceptors (Lipinski definition) is 10. The van der Waals surface area contributed by atoms with Gasteiger partial charge >= 0.3 is 18.2 Å². The number of likely N-dealkylation sites (tertiary alicyclic amines) is 1. The molecule has 2 atom stereocenters. The van der Waals surface area contributed by atoms with Crippen LogP contribution in [0, 0.1) is 0 Å². The van der Waals surface area contributed by atoms with E-state index in [0.29, 0.717) is 42.7 Å². The summed E-state index contributed by atoms with van der Waals surface area (Å²) in [6, 6.07) is 3.41. The average Bonchev–Trinajstić information content (AvgIpc) is 3.55. The van der Waals surface area contributed by atoms with Gasteiger partial charge in [-0.1, -0.05) is 25.7 Å². The van der Waals surface area contributed by atoms with E-state index in [9.17, 15) is 19.2 Å². The van der Waals surface area contributed by atoms with E-state index in [0.717, 1.165) is 82.9 Å². The zero-order chi connectivity index (χ0) is 31.8. The molecule has 1 aliphatic carbocycles. The van der Waals surface area contributed by atoms with E-state index in [1.165, 1.54) is 4.90 Å². The minimum Gasteiger partial charge on any atom is -0.497 e. The van der Waals surface area contributed by atoms with Gasteiger partial charge in [-0.05, 0) is 70.3 Å². The standard InChI is InChI=1S/C33H47N3O9/c1-41-24-19-25-26(45-31(38)30(25)27(20-24)42-2)11-7-5-3-4-6-9-17-35-18-10-8-12-28(35)34-32(39)44-23-15-13-22(14-16-23)36-29(37)21-43-33(36)40/h19-20,22-23,26,28H,3-18,21H2,1-2H3,(H,34,39)/t22?,23?,26-,28?/m1/s1. The smallest absolute Gasteiger partial charge is 0.417 e. The lowest BCUT2D eigenvalue weighted by Crippen LogP contribution is -2.51. The summed E-state index contributed by atoms with van der Waals surface area (Å²) in [4.78, 5) is 52.5. The fraction of sp³-hybridized carbons (Fsp3) is 0.697. The van der Waals surface area contributed by atoms with Crippen LogP contribution < -0.4 is 14.8 Å². The summed E-state index contributed by atoms with van der Waals surface area (Å²) in [5.41, 5.74) is 1.36. The van der Waals surface area contributed by atoms with Crippen molar-refractivity contribution in [3.63, 3.8) is 0 Å². The Hall–Kier alpha value is -3.54. The van der Waals surface area contributed by atoms with Crippen LogP contribution in [0.2, 0.25) is 0 Å². The molecule has 3 heterocycles. The molecule has 1 saturated carbocycles. The SMILES string of the molecule is COc1cc(OC)c2c(c1)[C@@H](CCCCCCCCN1CCCCC1NC(=O)OC1CCC(N3C(=O)COC3=O)CC1)OC2=O. The number of amides is 3. The van der Waals surface area contributed by atoms with E-state index in [4.69, 9.17) is 23.7 Å². The third kappa shape index (κ3) is 8.19. The number of esters is 1. The van der Waals surface area contributed by atoms with Crippen LogP contribution in [0.15, 0.2) is 12.1 Å². The first kappa shape index (κ1) is 32.8. The van der Waals surface area contributed by atoms with Gasteiger partial charge in [-0.2, -0.15) is 0 Å². The second-order valence-electron chi connectivity index (χ2n) is 12.4. The number of alkyl carbamates (subject to hydrolysis) is 1. The largest absolute Gasteiger partial charge is 0.497 e. The van der Waals surface area contributed by atoms with Crippen molar-refractivity contribution in [1.29, 1.82) is 0 Å². The van der Waals surface area contributed by atoms with Gasteiger partial charge in [-0.25, -0.2) is 19.3 Å². The molecule has 248 valence electrons. The maximum absolute atomic E-state index is 12.8. The summed E-state index contributed by atoms with van der Waals surface area (Å²) in [7, 11) is 3.14. The summed E-state index contributed by atoms with van der Waals surface area (Å²) < 4.78 is 27.0. The highest BCUT2D eigenvalue weighted by atomic mass is 16.6. The topological polar surface area (TPSA) is 133 Å². The predicted molar refractivity (Wildman–Crippen MR) is 163 cm³/mol. The highest BCUT2D eigenvalue weighted by Crippen LogP contribution is 2.41. The Morgan fingerprint density at radius 3 is 2.40 bits per heavy atom. The van der Waals surface area contributed by atoms with E-state index in [1.807, 2.05) is 6.07 Å². The number of cyclic esters (lactones) is 2. The van der Waals surface area contributed by atoms with Gasteiger partial charge in [-0.15, -0.1) is 0 Å². The highest BCUT2D eigenvalue weighted by molar-refractivity contribution is 5.98. The van der Waals surface area contributed by atoms with Gasteiger partial charge in [-0.3, -0.25) is 9.69 Å². The van der Waals surface area contributed by atoms with Gasteiger partial charge in [0.2, 0.25) is 0 Å². The predicted octanol–water partition coefficient (Wildman–Crippen LogP) is 5.47. The molecular weight excluding hydrogens is 582 g/mol. The first-order valence-corrected chi connectivity index (χ1v) is 16.5. The number of unbranched alkanes of at least 4 members (excludes halogenated alkanes) is 5. The van der Waals surface area contributed by atoms with Crippen molar-refractivity contribution in [2.24, 2.45) is 0 Å². The van der Waals surface area contributed by atoms with E-state index in [2.05, 4.69) is 10.2 Å².